The molecular weight excluding hydrogens is 196 g/mol. The predicted molar refractivity (Wildman–Crippen MR) is 60.3 cm³/mol. The van der Waals surface area contributed by atoms with Crippen LogP contribution in [0.15, 0.2) is 35.6 Å². The molecule has 0 aliphatic carbocycles. The fraction of sp³-hybridized carbons (Fsp3) is 0.364. The molecule has 0 fully saturated rings. The summed E-state index contributed by atoms with van der Waals surface area (Å²) in [6, 6.07) is 4.30. The van der Waals surface area contributed by atoms with E-state index in [0.29, 0.717) is 6.04 Å². The summed E-state index contributed by atoms with van der Waals surface area (Å²) < 4.78 is 0. The molecule has 1 atom stereocenters. The number of nitrogens with one attached hydrogen (secondary N) is 1. The zero-order chi connectivity index (χ0) is 10.4. The fourth-order valence-corrected chi connectivity index (χ4v) is 1.18. The van der Waals surface area contributed by atoms with Crippen molar-refractivity contribution in [3.8, 4) is 0 Å². The number of aromatic nitrogens is 1. The van der Waals surface area contributed by atoms with Crippen LogP contribution in [0.25, 0.3) is 0 Å². The molecule has 1 N–H and O–H groups in total. The average Bonchev–Trinajstić information content (AvgIpc) is 2.26. The third-order valence-electron chi connectivity index (χ3n) is 2.06. The quantitative estimate of drug-likeness (QED) is 0.827. The van der Waals surface area contributed by atoms with E-state index in [2.05, 4.69) is 23.3 Å². The second-order valence-corrected chi connectivity index (χ2v) is 3.56. The van der Waals surface area contributed by atoms with Crippen molar-refractivity contribution in [2.24, 2.45) is 0 Å². The van der Waals surface area contributed by atoms with Gasteiger partial charge in [-0.25, -0.2) is 0 Å². The number of hydrogen-bond donors (Lipinski definition) is 1. The molecule has 0 radical (unpaired) electrons. The SMILES string of the molecule is C/C(=C\Cl)CN[C@H](C)c1cccnc1. The molecule has 1 rings (SSSR count). The van der Waals surface area contributed by atoms with Gasteiger partial charge in [-0.3, -0.25) is 4.98 Å². The molecule has 0 amide bonds. The summed E-state index contributed by atoms with van der Waals surface area (Å²) in [5.74, 6) is 0. The zero-order valence-electron chi connectivity index (χ0n) is 8.50. The Kier molecular flexibility index (Phi) is 4.63. The van der Waals surface area contributed by atoms with Crippen molar-refractivity contribution in [1.82, 2.24) is 10.3 Å². The van der Waals surface area contributed by atoms with Crippen molar-refractivity contribution in [1.29, 1.82) is 0 Å². The van der Waals surface area contributed by atoms with Crippen LogP contribution in [-0.4, -0.2) is 11.5 Å². The van der Waals surface area contributed by atoms with Gasteiger partial charge in [0.15, 0.2) is 0 Å². The molecule has 0 spiro atoms. The molecular formula is C11H15ClN2. The van der Waals surface area contributed by atoms with Crippen LogP contribution >= 0.6 is 11.6 Å². The fourth-order valence-electron chi connectivity index (χ4n) is 1.10. The third kappa shape index (κ3) is 3.48. The Morgan fingerprint density at radius 2 is 2.50 bits per heavy atom. The van der Waals surface area contributed by atoms with Crippen molar-refractivity contribution in [3.05, 3.63) is 41.2 Å². The normalized spacial score (nSPS) is 14.1. The number of hydrogen-bond acceptors (Lipinski definition) is 2. The van der Waals surface area contributed by atoms with Gasteiger partial charge in [-0.2, -0.15) is 0 Å². The minimum Gasteiger partial charge on any atom is -0.306 e. The van der Waals surface area contributed by atoms with Gasteiger partial charge in [0.05, 0.1) is 0 Å². The summed E-state index contributed by atoms with van der Waals surface area (Å²) in [6.07, 6.45) is 3.65. The molecule has 0 aromatic carbocycles. The van der Waals surface area contributed by atoms with Crippen molar-refractivity contribution >= 4 is 11.6 Å². The minimum absolute atomic E-state index is 0.301. The Morgan fingerprint density at radius 3 is 3.07 bits per heavy atom. The van der Waals surface area contributed by atoms with Crippen LogP contribution < -0.4 is 5.32 Å². The Bertz CT molecular complexity index is 295. The van der Waals surface area contributed by atoms with E-state index in [0.717, 1.165) is 12.1 Å². The maximum absolute atomic E-state index is 5.57. The van der Waals surface area contributed by atoms with Gasteiger partial charge in [0, 0.05) is 30.5 Å². The Hall–Kier alpha value is -0.860. The third-order valence-corrected chi connectivity index (χ3v) is 2.43. The second kappa shape index (κ2) is 5.78. The van der Waals surface area contributed by atoms with E-state index in [4.69, 9.17) is 11.6 Å². The maximum Gasteiger partial charge on any atom is 0.0315 e. The van der Waals surface area contributed by atoms with Gasteiger partial charge in [-0.1, -0.05) is 17.7 Å². The van der Waals surface area contributed by atoms with E-state index >= 15 is 0 Å². The summed E-state index contributed by atoms with van der Waals surface area (Å²) in [5.41, 5.74) is 3.92. The molecule has 0 unspecified atom stereocenters. The molecule has 2 nitrogen and oxygen atoms in total. The Labute approximate surface area is 90.0 Å². The molecule has 1 heterocycles. The lowest BCUT2D eigenvalue weighted by Crippen LogP contribution is -2.20. The molecule has 0 saturated carbocycles. The molecule has 0 bridgehead atoms. The number of rotatable bonds is 4. The highest BCUT2D eigenvalue weighted by molar-refractivity contribution is 6.25. The highest BCUT2D eigenvalue weighted by Crippen LogP contribution is 2.09. The zero-order valence-corrected chi connectivity index (χ0v) is 9.25. The van der Waals surface area contributed by atoms with Crippen molar-refractivity contribution in [2.45, 2.75) is 19.9 Å². The number of halogens is 1. The standard InChI is InChI=1S/C11H15ClN2/c1-9(6-12)7-14-10(2)11-4-3-5-13-8-11/h3-6,8,10,14H,7H2,1-2H3/b9-6+/t10-/m1/s1. The van der Waals surface area contributed by atoms with Crippen LogP contribution in [0.2, 0.25) is 0 Å². The van der Waals surface area contributed by atoms with Crippen molar-refractivity contribution in [2.75, 3.05) is 6.54 Å². The highest BCUT2D eigenvalue weighted by atomic mass is 35.5. The number of nitrogens with zero attached hydrogens (tertiary/aromatic N) is 1. The first-order chi connectivity index (χ1) is 6.74. The van der Waals surface area contributed by atoms with E-state index in [1.54, 1.807) is 11.7 Å². The van der Waals surface area contributed by atoms with Crippen LogP contribution in [0.1, 0.15) is 25.5 Å². The Balaban J connectivity index is 2.47. The molecule has 0 aliphatic heterocycles. The van der Waals surface area contributed by atoms with E-state index in [1.165, 1.54) is 5.56 Å². The van der Waals surface area contributed by atoms with Gasteiger partial charge < -0.3 is 5.32 Å². The van der Waals surface area contributed by atoms with Crippen LogP contribution in [0.4, 0.5) is 0 Å². The van der Waals surface area contributed by atoms with Gasteiger partial charge in [0.1, 0.15) is 0 Å². The molecule has 76 valence electrons. The monoisotopic (exact) mass is 210 g/mol. The summed E-state index contributed by atoms with van der Waals surface area (Å²) >= 11 is 5.57. The largest absolute Gasteiger partial charge is 0.306 e. The maximum atomic E-state index is 5.57. The molecule has 0 aliphatic rings. The first-order valence-electron chi connectivity index (χ1n) is 4.63. The minimum atomic E-state index is 0.301. The number of pyridine rings is 1. The Morgan fingerprint density at radius 1 is 1.71 bits per heavy atom. The first kappa shape index (κ1) is 11.2. The average molecular weight is 211 g/mol. The lowest BCUT2D eigenvalue weighted by Gasteiger charge is -2.13. The summed E-state index contributed by atoms with van der Waals surface area (Å²) in [4.78, 5) is 4.07. The lowest BCUT2D eigenvalue weighted by atomic mass is 10.1. The van der Waals surface area contributed by atoms with Gasteiger partial charge in [0.2, 0.25) is 0 Å². The summed E-state index contributed by atoms with van der Waals surface area (Å²) in [5, 5.41) is 3.36. The van der Waals surface area contributed by atoms with Crippen molar-refractivity contribution < 1.29 is 0 Å². The van der Waals surface area contributed by atoms with Gasteiger partial charge in [0.25, 0.3) is 0 Å². The van der Waals surface area contributed by atoms with Gasteiger partial charge in [-0.15, -0.1) is 0 Å². The van der Waals surface area contributed by atoms with Crippen molar-refractivity contribution in [3.63, 3.8) is 0 Å². The van der Waals surface area contributed by atoms with E-state index < -0.39 is 0 Å². The van der Waals surface area contributed by atoms with E-state index in [-0.39, 0.29) is 0 Å². The topological polar surface area (TPSA) is 24.9 Å². The summed E-state index contributed by atoms with van der Waals surface area (Å²) in [6.45, 7) is 4.91. The highest BCUT2D eigenvalue weighted by Gasteiger charge is 2.03. The van der Waals surface area contributed by atoms with Crippen LogP contribution in [0, 0.1) is 0 Å². The van der Waals surface area contributed by atoms with Crippen LogP contribution in [0.5, 0.6) is 0 Å². The predicted octanol–water partition coefficient (Wildman–Crippen LogP) is 2.87. The smallest absolute Gasteiger partial charge is 0.0315 e. The van der Waals surface area contributed by atoms with E-state index in [9.17, 15) is 0 Å². The molecule has 14 heavy (non-hydrogen) atoms. The lowest BCUT2D eigenvalue weighted by molar-refractivity contribution is 0.605. The molecule has 0 saturated heterocycles. The van der Waals surface area contributed by atoms with E-state index in [1.807, 2.05) is 19.2 Å². The van der Waals surface area contributed by atoms with Gasteiger partial charge in [-0.05, 0) is 31.1 Å². The molecule has 1 aromatic rings. The van der Waals surface area contributed by atoms with Gasteiger partial charge >= 0.3 is 0 Å². The van der Waals surface area contributed by atoms with Crippen LogP contribution in [-0.2, 0) is 0 Å². The summed E-state index contributed by atoms with van der Waals surface area (Å²) in [7, 11) is 0. The molecule has 1 aromatic heterocycles. The first-order valence-corrected chi connectivity index (χ1v) is 5.07. The second-order valence-electron chi connectivity index (χ2n) is 3.34. The molecule has 3 heteroatoms. The van der Waals surface area contributed by atoms with Crippen LogP contribution in [0.3, 0.4) is 0 Å².